The molecule has 24 heavy (non-hydrogen) atoms. The summed E-state index contributed by atoms with van der Waals surface area (Å²) in [5.74, 6) is -2.29. The van der Waals surface area contributed by atoms with Gasteiger partial charge in [0.15, 0.2) is 0 Å². The Hall–Kier alpha value is -2.38. The van der Waals surface area contributed by atoms with E-state index in [4.69, 9.17) is 5.11 Å². The highest BCUT2D eigenvalue weighted by Gasteiger charge is 2.22. The van der Waals surface area contributed by atoms with E-state index in [-0.39, 0.29) is 42.6 Å². The number of nitrogens with one attached hydrogen (secondary N) is 2. The van der Waals surface area contributed by atoms with Crippen LogP contribution in [0.5, 0.6) is 0 Å². The number of hydrogen-bond acceptors (Lipinski definition) is 5. The number of methoxy groups -OCH3 is 1. The Bertz CT molecular complexity index is 489. The lowest BCUT2D eigenvalue weighted by atomic mass is 9.98. The second-order valence-electron chi connectivity index (χ2n) is 5.61. The van der Waals surface area contributed by atoms with E-state index >= 15 is 0 Å². The van der Waals surface area contributed by atoms with Crippen LogP contribution in [0, 0.1) is 5.92 Å². The highest BCUT2D eigenvalue weighted by molar-refractivity contribution is 5.88. The van der Waals surface area contributed by atoms with Crippen molar-refractivity contribution >= 4 is 23.8 Å². The molecule has 0 fully saturated rings. The maximum Gasteiger partial charge on any atom is 0.330 e. The van der Waals surface area contributed by atoms with Crippen LogP contribution in [0.4, 0.5) is 0 Å². The summed E-state index contributed by atoms with van der Waals surface area (Å²) in [5, 5.41) is 13.8. The predicted octanol–water partition coefficient (Wildman–Crippen LogP) is 0.618. The molecule has 0 rings (SSSR count). The average Bonchev–Trinajstić information content (AvgIpc) is 2.54. The van der Waals surface area contributed by atoms with Gasteiger partial charge >= 0.3 is 11.9 Å². The third-order valence-electron chi connectivity index (χ3n) is 3.54. The van der Waals surface area contributed by atoms with Crippen molar-refractivity contribution in [1.29, 1.82) is 0 Å². The second-order valence-corrected chi connectivity index (χ2v) is 5.61. The largest absolute Gasteiger partial charge is 0.478 e. The van der Waals surface area contributed by atoms with E-state index in [2.05, 4.69) is 21.9 Å². The van der Waals surface area contributed by atoms with Gasteiger partial charge in [-0.25, -0.2) is 4.79 Å². The first-order chi connectivity index (χ1) is 11.2. The summed E-state index contributed by atoms with van der Waals surface area (Å²) in [6.07, 6.45) is 1.11. The van der Waals surface area contributed by atoms with Crippen LogP contribution in [0.1, 0.15) is 39.0 Å². The zero-order valence-electron chi connectivity index (χ0n) is 14.4. The molecule has 8 nitrogen and oxygen atoms in total. The van der Waals surface area contributed by atoms with Gasteiger partial charge in [-0.2, -0.15) is 0 Å². The Morgan fingerprint density at radius 1 is 1.17 bits per heavy atom. The maximum absolute atomic E-state index is 12.0. The number of carboxylic acids is 1. The lowest BCUT2D eigenvalue weighted by molar-refractivity contribution is -0.141. The summed E-state index contributed by atoms with van der Waals surface area (Å²) in [6.45, 7) is 5.26. The third-order valence-corrected chi connectivity index (χ3v) is 3.54. The molecule has 0 aliphatic heterocycles. The minimum atomic E-state index is -1.05. The summed E-state index contributed by atoms with van der Waals surface area (Å²) in [5.41, 5.74) is 0.101. The van der Waals surface area contributed by atoms with E-state index < -0.39 is 18.0 Å². The first-order valence-corrected chi connectivity index (χ1v) is 7.70. The molecule has 2 amide bonds. The Morgan fingerprint density at radius 2 is 1.79 bits per heavy atom. The molecule has 0 aliphatic carbocycles. The molecular weight excluding hydrogens is 316 g/mol. The van der Waals surface area contributed by atoms with E-state index in [1.807, 2.05) is 6.92 Å². The van der Waals surface area contributed by atoms with E-state index in [0.717, 1.165) is 0 Å². The fraction of sp³-hybridized carbons (Fsp3) is 0.625. The number of hydrogen-bond donors (Lipinski definition) is 3. The monoisotopic (exact) mass is 342 g/mol. The van der Waals surface area contributed by atoms with E-state index in [0.29, 0.717) is 12.8 Å². The molecule has 0 aromatic carbocycles. The topological polar surface area (TPSA) is 122 Å². The summed E-state index contributed by atoms with van der Waals surface area (Å²) >= 11 is 0. The number of esters is 1. The van der Waals surface area contributed by atoms with E-state index in [1.165, 1.54) is 14.2 Å². The van der Waals surface area contributed by atoms with Crippen LogP contribution in [-0.2, 0) is 23.9 Å². The van der Waals surface area contributed by atoms with Crippen molar-refractivity contribution in [3.8, 4) is 0 Å². The fourth-order valence-electron chi connectivity index (χ4n) is 2.01. The molecule has 2 atom stereocenters. The standard InChI is InChI=1S/C16H26N2O6/c1-10(5-6-11(2)16(22)23)9-13(19)18-12(15(21)17-3)7-8-14(20)24-4/h10,12H,2,5-9H2,1,3-4H3,(H,17,21)(H,18,19)(H,22,23)/t10-,12+/m1/s1. The number of carbonyl (C=O) groups is 4. The van der Waals surface area contributed by atoms with Gasteiger partial charge in [0.1, 0.15) is 6.04 Å². The molecule has 0 unspecified atom stereocenters. The van der Waals surface area contributed by atoms with E-state index in [9.17, 15) is 19.2 Å². The minimum Gasteiger partial charge on any atom is -0.478 e. The molecule has 0 saturated heterocycles. The number of carbonyl (C=O) groups excluding carboxylic acids is 3. The molecule has 0 aromatic rings. The highest BCUT2D eigenvalue weighted by Crippen LogP contribution is 2.14. The van der Waals surface area contributed by atoms with Crippen LogP contribution < -0.4 is 10.6 Å². The Morgan fingerprint density at radius 3 is 2.29 bits per heavy atom. The molecular formula is C16H26N2O6. The first-order valence-electron chi connectivity index (χ1n) is 7.70. The first kappa shape index (κ1) is 21.6. The minimum absolute atomic E-state index is 0.0167. The maximum atomic E-state index is 12.0. The van der Waals surface area contributed by atoms with Crippen molar-refractivity contribution in [2.24, 2.45) is 5.92 Å². The van der Waals surface area contributed by atoms with Gasteiger partial charge in [-0.1, -0.05) is 13.5 Å². The van der Waals surface area contributed by atoms with E-state index in [1.54, 1.807) is 0 Å². The van der Waals surface area contributed by atoms with Gasteiger partial charge in [-0.05, 0) is 25.2 Å². The zero-order valence-corrected chi connectivity index (χ0v) is 14.4. The van der Waals surface area contributed by atoms with Crippen molar-refractivity contribution < 1.29 is 29.0 Å². The van der Waals surface area contributed by atoms with Gasteiger partial charge in [0.05, 0.1) is 7.11 Å². The third kappa shape index (κ3) is 8.92. The van der Waals surface area contributed by atoms with Crippen molar-refractivity contribution in [2.75, 3.05) is 14.2 Å². The molecule has 0 bridgehead atoms. The summed E-state index contributed by atoms with van der Waals surface area (Å²) in [7, 11) is 2.70. The number of likely N-dealkylation sites (N-methyl/N-ethyl adjacent to an activating group) is 1. The predicted molar refractivity (Wildman–Crippen MR) is 87.0 cm³/mol. The molecule has 3 N–H and O–H groups in total. The van der Waals surface area contributed by atoms with Gasteiger partial charge < -0.3 is 20.5 Å². The van der Waals surface area contributed by atoms with Crippen molar-refractivity contribution in [2.45, 2.75) is 45.1 Å². The number of rotatable bonds is 11. The fourth-order valence-corrected chi connectivity index (χ4v) is 2.01. The molecule has 0 aromatic heterocycles. The Balaban J connectivity index is 4.43. The summed E-state index contributed by atoms with van der Waals surface area (Å²) in [6, 6.07) is -0.817. The van der Waals surface area contributed by atoms with Crippen molar-refractivity contribution in [3.05, 3.63) is 12.2 Å². The lowest BCUT2D eigenvalue weighted by Crippen LogP contribution is -2.46. The van der Waals surface area contributed by atoms with Gasteiger partial charge in [0.2, 0.25) is 11.8 Å². The summed E-state index contributed by atoms with van der Waals surface area (Å²) < 4.78 is 4.52. The number of amides is 2. The normalized spacial score (nSPS) is 12.6. The molecule has 8 heteroatoms. The van der Waals surface area contributed by atoms with Gasteiger partial charge in [0.25, 0.3) is 0 Å². The van der Waals surface area contributed by atoms with Crippen LogP contribution in [0.2, 0.25) is 0 Å². The quantitative estimate of drug-likeness (QED) is 0.374. The molecule has 136 valence electrons. The average molecular weight is 342 g/mol. The summed E-state index contributed by atoms with van der Waals surface area (Å²) in [4.78, 5) is 45.7. The van der Waals surface area contributed by atoms with Gasteiger partial charge in [-0.15, -0.1) is 0 Å². The molecule has 0 saturated carbocycles. The van der Waals surface area contributed by atoms with Gasteiger partial charge in [0, 0.05) is 25.5 Å². The Labute approximate surface area is 141 Å². The molecule has 0 radical (unpaired) electrons. The number of carboxylic acid groups (broad SMARTS) is 1. The molecule has 0 spiro atoms. The molecule has 0 aliphatic rings. The van der Waals surface area contributed by atoms with Gasteiger partial charge in [-0.3, -0.25) is 14.4 Å². The van der Waals surface area contributed by atoms with Crippen LogP contribution in [-0.4, -0.2) is 49.1 Å². The lowest BCUT2D eigenvalue weighted by Gasteiger charge is -2.18. The smallest absolute Gasteiger partial charge is 0.330 e. The number of aliphatic carboxylic acids is 1. The van der Waals surface area contributed by atoms with Crippen LogP contribution in [0.25, 0.3) is 0 Å². The van der Waals surface area contributed by atoms with Crippen molar-refractivity contribution in [1.82, 2.24) is 10.6 Å². The van der Waals surface area contributed by atoms with Crippen LogP contribution in [0.3, 0.4) is 0 Å². The highest BCUT2D eigenvalue weighted by atomic mass is 16.5. The van der Waals surface area contributed by atoms with Crippen LogP contribution in [0.15, 0.2) is 12.2 Å². The second kappa shape index (κ2) is 11.2. The SMILES string of the molecule is C=C(CC[C@@H](C)CC(=O)N[C@@H](CCC(=O)OC)C(=O)NC)C(=O)O. The molecule has 0 heterocycles. The zero-order chi connectivity index (χ0) is 18.7. The van der Waals surface area contributed by atoms with Crippen molar-refractivity contribution in [3.63, 3.8) is 0 Å². The number of ether oxygens (including phenoxy) is 1. The Kier molecular flexibility index (Phi) is 10.1. The van der Waals surface area contributed by atoms with Crippen LogP contribution >= 0.6 is 0 Å².